The maximum absolute atomic E-state index is 9.14. The Hall–Kier alpha value is -0.980. The van der Waals surface area contributed by atoms with Gasteiger partial charge < -0.3 is 9.67 Å². The Balaban J connectivity index is 1.63. The Labute approximate surface area is 152 Å². The molecule has 1 atom stereocenters. The molecule has 4 nitrogen and oxygen atoms in total. The molecule has 0 aliphatic carbocycles. The highest BCUT2D eigenvalue weighted by molar-refractivity contribution is 7.99. The fraction of sp³-hybridized carbons (Fsp3) is 0.444. The van der Waals surface area contributed by atoms with E-state index in [1.165, 1.54) is 15.5 Å². The van der Waals surface area contributed by atoms with Crippen LogP contribution in [0.2, 0.25) is 5.02 Å². The van der Waals surface area contributed by atoms with Gasteiger partial charge in [-0.15, -0.1) is 0 Å². The van der Waals surface area contributed by atoms with Crippen molar-refractivity contribution >= 4 is 23.4 Å². The first-order valence-electron chi connectivity index (χ1n) is 8.44. The lowest BCUT2D eigenvalue weighted by Gasteiger charge is -2.39. The second kappa shape index (κ2) is 7.10. The van der Waals surface area contributed by atoms with E-state index in [1.807, 2.05) is 17.8 Å². The summed E-state index contributed by atoms with van der Waals surface area (Å²) in [4.78, 5) is 6.21. The van der Waals surface area contributed by atoms with Crippen LogP contribution in [-0.2, 0) is 6.54 Å². The molecule has 0 radical (unpaired) electrons. The summed E-state index contributed by atoms with van der Waals surface area (Å²) in [5, 5.41) is 11.2. The van der Waals surface area contributed by atoms with E-state index in [2.05, 4.69) is 44.8 Å². The molecule has 6 heteroatoms. The van der Waals surface area contributed by atoms with Gasteiger partial charge >= 0.3 is 0 Å². The zero-order valence-electron chi connectivity index (χ0n) is 13.6. The van der Waals surface area contributed by atoms with Crippen LogP contribution in [0.1, 0.15) is 11.6 Å². The Kier molecular flexibility index (Phi) is 4.88. The quantitative estimate of drug-likeness (QED) is 0.908. The SMILES string of the molecule is OCCN1CCN(C2Cn3cccc3Sc3ccc(Cl)cc32)CC1. The predicted molar refractivity (Wildman–Crippen MR) is 97.8 cm³/mol. The number of aliphatic hydroxyl groups excluding tert-OH is 1. The monoisotopic (exact) mass is 363 g/mol. The molecule has 1 saturated heterocycles. The van der Waals surface area contributed by atoms with Crippen molar-refractivity contribution in [2.24, 2.45) is 0 Å². The summed E-state index contributed by atoms with van der Waals surface area (Å²) in [5.41, 5.74) is 1.34. The molecule has 1 fully saturated rings. The van der Waals surface area contributed by atoms with E-state index in [0.29, 0.717) is 6.04 Å². The number of fused-ring (bicyclic) bond motifs is 2. The van der Waals surface area contributed by atoms with Crippen LogP contribution in [0.5, 0.6) is 0 Å². The summed E-state index contributed by atoms with van der Waals surface area (Å²) in [6, 6.07) is 10.9. The van der Waals surface area contributed by atoms with Crippen LogP contribution in [0.25, 0.3) is 0 Å². The topological polar surface area (TPSA) is 31.6 Å². The number of rotatable bonds is 3. The first-order chi connectivity index (χ1) is 11.7. The molecule has 0 spiro atoms. The minimum absolute atomic E-state index is 0.241. The molecule has 0 bridgehead atoms. The minimum Gasteiger partial charge on any atom is -0.395 e. The van der Waals surface area contributed by atoms with Gasteiger partial charge in [0.05, 0.1) is 17.7 Å². The largest absolute Gasteiger partial charge is 0.395 e. The van der Waals surface area contributed by atoms with Crippen LogP contribution < -0.4 is 0 Å². The lowest BCUT2D eigenvalue weighted by atomic mass is 10.0. The van der Waals surface area contributed by atoms with Gasteiger partial charge in [-0.25, -0.2) is 0 Å². The van der Waals surface area contributed by atoms with Crippen LogP contribution in [-0.4, -0.2) is 58.8 Å². The molecule has 0 amide bonds. The third-order valence-corrected chi connectivity index (χ3v) is 6.37. The molecular formula is C18H22ClN3OS. The van der Waals surface area contributed by atoms with E-state index in [-0.39, 0.29) is 6.61 Å². The average Bonchev–Trinajstić information content (AvgIpc) is 2.96. The normalized spacial score (nSPS) is 22.0. The van der Waals surface area contributed by atoms with E-state index >= 15 is 0 Å². The van der Waals surface area contributed by atoms with Crippen molar-refractivity contribution in [2.75, 3.05) is 39.3 Å². The fourth-order valence-corrected chi connectivity index (χ4v) is 4.92. The number of piperazine rings is 1. The summed E-state index contributed by atoms with van der Waals surface area (Å²) in [6.07, 6.45) is 2.17. The van der Waals surface area contributed by atoms with Crippen molar-refractivity contribution in [3.63, 3.8) is 0 Å². The van der Waals surface area contributed by atoms with Crippen molar-refractivity contribution in [1.29, 1.82) is 0 Å². The first-order valence-corrected chi connectivity index (χ1v) is 9.64. The molecule has 2 aliphatic rings. The summed E-state index contributed by atoms with van der Waals surface area (Å²) in [5.74, 6) is 0. The third kappa shape index (κ3) is 3.24. The Bertz CT molecular complexity index is 712. The number of β-amino-alcohol motifs (C(OH)–C–C–N with tert-alkyl or cyclic N) is 1. The zero-order valence-corrected chi connectivity index (χ0v) is 15.1. The Morgan fingerprint density at radius 1 is 1.17 bits per heavy atom. The smallest absolute Gasteiger partial charge is 0.0797 e. The molecule has 1 aromatic carbocycles. The lowest BCUT2D eigenvalue weighted by Crippen LogP contribution is -2.48. The average molecular weight is 364 g/mol. The van der Waals surface area contributed by atoms with Crippen molar-refractivity contribution in [2.45, 2.75) is 22.5 Å². The number of hydrogen-bond donors (Lipinski definition) is 1. The number of nitrogens with zero attached hydrogens (tertiary/aromatic N) is 3. The van der Waals surface area contributed by atoms with E-state index in [9.17, 15) is 0 Å². The molecule has 1 N–H and O–H groups in total. The third-order valence-electron chi connectivity index (χ3n) is 4.97. The molecule has 2 aromatic rings. The van der Waals surface area contributed by atoms with Crippen LogP contribution in [0, 0.1) is 0 Å². The van der Waals surface area contributed by atoms with Gasteiger partial charge in [0.2, 0.25) is 0 Å². The van der Waals surface area contributed by atoms with Crippen LogP contribution in [0.15, 0.2) is 46.5 Å². The highest BCUT2D eigenvalue weighted by Crippen LogP contribution is 2.41. The van der Waals surface area contributed by atoms with Crippen molar-refractivity contribution in [3.8, 4) is 0 Å². The van der Waals surface area contributed by atoms with E-state index < -0.39 is 0 Å². The molecule has 24 heavy (non-hydrogen) atoms. The van der Waals surface area contributed by atoms with Gasteiger partial charge in [0, 0.05) is 55.4 Å². The maximum atomic E-state index is 9.14. The second-order valence-corrected chi connectivity index (χ2v) is 7.90. The Morgan fingerprint density at radius 3 is 2.79 bits per heavy atom. The molecule has 128 valence electrons. The summed E-state index contributed by atoms with van der Waals surface area (Å²) in [6.45, 7) is 6.06. The molecule has 1 unspecified atom stereocenters. The molecule has 4 rings (SSSR count). The van der Waals surface area contributed by atoms with Gasteiger partial charge in [0.15, 0.2) is 0 Å². The fourth-order valence-electron chi connectivity index (χ4n) is 3.66. The highest BCUT2D eigenvalue weighted by atomic mass is 35.5. The molecule has 1 aromatic heterocycles. The highest BCUT2D eigenvalue weighted by Gasteiger charge is 2.29. The standard InChI is InChI=1S/C18H22ClN3OS/c19-14-3-4-17-15(12-14)16(13-22-5-1-2-18(22)24-17)21-8-6-20(7-9-21)10-11-23/h1-5,12,16,23H,6-11,13H2. The number of aromatic nitrogens is 1. The van der Waals surface area contributed by atoms with Crippen molar-refractivity contribution in [3.05, 3.63) is 47.1 Å². The van der Waals surface area contributed by atoms with Gasteiger partial charge in [-0.05, 0) is 35.9 Å². The number of halogens is 1. The zero-order chi connectivity index (χ0) is 16.5. The van der Waals surface area contributed by atoms with Crippen LogP contribution in [0.3, 0.4) is 0 Å². The van der Waals surface area contributed by atoms with Gasteiger partial charge in [0.1, 0.15) is 0 Å². The van der Waals surface area contributed by atoms with Gasteiger partial charge in [-0.3, -0.25) is 9.80 Å². The lowest BCUT2D eigenvalue weighted by molar-refractivity contribution is 0.0758. The van der Waals surface area contributed by atoms with Gasteiger partial charge in [0.25, 0.3) is 0 Å². The molecule has 0 saturated carbocycles. The summed E-state index contributed by atoms with van der Waals surface area (Å²) in [7, 11) is 0. The predicted octanol–water partition coefficient (Wildman–Crippen LogP) is 2.96. The van der Waals surface area contributed by atoms with Crippen molar-refractivity contribution in [1.82, 2.24) is 14.4 Å². The first kappa shape index (κ1) is 16.5. The van der Waals surface area contributed by atoms with E-state index in [1.54, 1.807) is 0 Å². The van der Waals surface area contributed by atoms with Gasteiger partial charge in [-0.2, -0.15) is 0 Å². The second-order valence-electron chi connectivity index (χ2n) is 6.40. The minimum atomic E-state index is 0.241. The number of hydrogen-bond acceptors (Lipinski definition) is 4. The summed E-state index contributed by atoms with van der Waals surface area (Å²) < 4.78 is 2.35. The summed E-state index contributed by atoms with van der Waals surface area (Å²) >= 11 is 8.14. The van der Waals surface area contributed by atoms with E-state index in [4.69, 9.17) is 16.7 Å². The molecule has 2 aliphatic heterocycles. The van der Waals surface area contributed by atoms with Crippen LogP contribution >= 0.6 is 23.4 Å². The molecular weight excluding hydrogens is 342 g/mol. The number of aliphatic hydroxyl groups is 1. The van der Waals surface area contributed by atoms with Crippen LogP contribution in [0.4, 0.5) is 0 Å². The number of benzene rings is 1. The Morgan fingerprint density at radius 2 is 2.00 bits per heavy atom. The molecule has 3 heterocycles. The van der Waals surface area contributed by atoms with Crippen molar-refractivity contribution < 1.29 is 5.11 Å². The van der Waals surface area contributed by atoms with Gasteiger partial charge in [-0.1, -0.05) is 23.4 Å². The maximum Gasteiger partial charge on any atom is 0.0797 e. The van der Waals surface area contributed by atoms with E-state index in [0.717, 1.165) is 44.3 Å².